The molecule has 0 saturated carbocycles. The predicted octanol–water partition coefficient (Wildman–Crippen LogP) is 3.81. The summed E-state index contributed by atoms with van der Waals surface area (Å²) < 4.78 is 10.5. The van der Waals surface area contributed by atoms with Crippen LogP contribution in [0.4, 0.5) is 5.69 Å². The van der Waals surface area contributed by atoms with Crippen LogP contribution < -0.4 is 20.2 Å². The summed E-state index contributed by atoms with van der Waals surface area (Å²) in [4.78, 5) is 12.4. The second-order valence-corrected chi connectivity index (χ2v) is 6.23. The highest BCUT2D eigenvalue weighted by Crippen LogP contribution is 2.24. The molecule has 0 saturated heterocycles. The van der Waals surface area contributed by atoms with Gasteiger partial charge in [-0.25, -0.2) is 5.43 Å². The van der Waals surface area contributed by atoms with Gasteiger partial charge in [-0.2, -0.15) is 5.10 Å². The van der Waals surface area contributed by atoms with Crippen LogP contribution in [0.25, 0.3) is 10.8 Å². The zero-order valence-corrected chi connectivity index (χ0v) is 16.1. The molecule has 0 fully saturated rings. The summed E-state index contributed by atoms with van der Waals surface area (Å²) in [7, 11) is 3.16. The van der Waals surface area contributed by atoms with Gasteiger partial charge in [-0.15, -0.1) is 0 Å². The molecule has 3 rings (SSSR count). The number of nitrogens with one attached hydrogen (secondary N) is 2. The maximum absolute atomic E-state index is 12.4. The molecule has 0 unspecified atom stereocenters. The van der Waals surface area contributed by atoms with E-state index in [4.69, 9.17) is 9.47 Å². The second kappa shape index (κ2) is 8.90. The standard InChI is InChI=1S/C22H23N3O3/c1-15(24-20-10-6-8-16-7-4-5-9-19(16)20)22(26)25-23-14-17-11-12-18(27-2)13-21(17)28-3/h4-15,24H,1-3H3,(H,25,26)/b23-14-/t15-/m1/s1. The highest BCUT2D eigenvalue weighted by atomic mass is 16.5. The van der Waals surface area contributed by atoms with Crippen molar-refractivity contribution in [3.05, 3.63) is 66.2 Å². The lowest BCUT2D eigenvalue weighted by atomic mass is 10.1. The number of nitrogens with zero attached hydrogens (tertiary/aromatic N) is 1. The lowest BCUT2D eigenvalue weighted by Gasteiger charge is -2.15. The highest BCUT2D eigenvalue weighted by Gasteiger charge is 2.13. The fraction of sp³-hybridized carbons (Fsp3) is 0.182. The summed E-state index contributed by atoms with van der Waals surface area (Å²) in [6, 6.07) is 18.9. The number of ether oxygens (including phenoxy) is 2. The van der Waals surface area contributed by atoms with Crippen LogP contribution in [0.1, 0.15) is 12.5 Å². The minimum Gasteiger partial charge on any atom is -0.497 e. The van der Waals surface area contributed by atoms with Crippen molar-refractivity contribution < 1.29 is 14.3 Å². The molecular weight excluding hydrogens is 354 g/mol. The Kier molecular flexibility index (Phi) is 6.11. The third-order valence-electron chi connectivity index (χ3n) is 4.37. The fourth-order valence-electron chi connectivity index (χ4n) is 2.84. The van der Waals surface area contributed by atoms with E-state index in [1.165, 1.54) is 0 Å². The Morgan fingerprint density at radius 1 is 1.04 bits per heavy atom. The summed E-state index contributed by atoms with van der Waals surface area (Å²) in [6.07, 6.45) is 1.54. The Labute approximate surface area is 164 Å². The van der Waals surface area contributed by atoms with E-state index in [1.54, 1.807) is 39.5 Å². The SMILES string of the molecule is COc1ccc(/C=N\NC(=O)[C@@H](C)Nc2cccc3ccccc23)c(OC)c1. The van der Waals surface area contributed by atoms with Crippen LogP contribution in [0.5, 0.6) is 11.5 Å². The quantitative estimate of drug-likeness (QED) is 0.485. The Bertz CT molecular complexity index is 996. The molecule has 0 aliphatic heterocycles. The Balaban J connectivity index is 1.65. The van der Waals surface area contributed by atoms with E-state index in [1.807, 2.05) is 48.5 Å². The van der Waals surface area contributed by atoms with E-state index in [9.17, 15) is 4.79 Å². The van der Waals surface area contributed by atoms with Gasteiger partial charge in [0, 0.05) is 22.7 Å². The summed E-state index contributed by atoms with van der Waals surface area (Å²) in [5, 5.41) is 9.47. The highest BCUT2D eigenvalue weighted by molar-refractivity contribution is 5.96. The van der Waals surface area contributed by atoms with Gasteiger partial charge >= 0.3 is 0 Å². The maximum atomic E-state index is 12.4. The number of hydrazone groups is 1. The summed E-state index contributed by atoms with van der Waals surface area (Å²) >= 11 is 0. The third-order valence-corrected chi connectivity index (χ3v) is 4.37. The van der Waals surface area contributed by atoms with Crippen LogP contribution in [0.15, 0.2) is 65.8 Å². The van der Waals surface area contributed by atoms with Gasteiger partial charge in [0.2, 0.25) is 0 Å². The van der Waals surface area contributed by atoms with Crippen LogP contribution >= 0.6 is 0 Å². The Morgan fingerprint density at radius 3 is 2.61 bits per heavy atom. The molecule has 0 aliphatic carbocycles. The van der Waals surface area contributed by atoms with Crippen molar-refractivity contribution in [1.82, 2.24) is 5.43 Å². The summed E-state index contributed by atoms with van der Waals surface area (Å²) in [6.45, 7) is 1.79. The lowest BCUT2D eigenvalue weighted by Crippen LogP contribution is -2.34. The molecule has 0 aliphatic rings. The average molecular weight is 377 g/mol. The summed E-state index contributed by atoms with van der Waals surface area (Å²) in [5.41, 5.74) is 4.20. The molecule has 28 heavy (non-hydrogen) atoms. The van der Waals surface area contributed by atoms with E-state index in [2.05, 4.69) is 15.8 Å². The van der Waals surface area contributed by atoms with Crippen molar-refractivity contribution in [3.8, 4) is 11.5 Å². The van der Waals surface area contributed by atoms with Crippen LogP contribution in [0.2, 0.25) is 0 Å². The molecule has 1 amide bonds. The van der Waals surface area contributed by atoms with Gasteiger partial charge < -0.3 is 14.8 Å². The number of hydrogen-bond donors (Lipinski definition) is 2. The van der Waals surface area contributed by atoms with Gasteiger partial charge in [0.15, 0.2) is 0 Å². The number of benzene rings is 3. The molecule has 0 heterocycles. The first-order valence-electron chi connectivity index (χ1n) is 8.91. The molecule has 3 aromatic rings. The topological polar surface area (TPSA) is 72.0 Å². The molecule has 0 spiro atoms. The van der Waals surface area contributed by atoms with E-state index < -0.39 is 6.04 Å². The van der Waals surface area contributed by atoms with Gasteiger partial charge in [-0.1, -0.05) is 36.4 Å². The molecule has 6 heteroatoms. The average Bonchev–Trinajstić information content (AvgIpc) is 2.74. The lowest BCUT2D eigenvalue weighted by molar-refractivity contribution is -0.121. The molecule has 0 radical (unpaired) electrons. The molecule has 1 atom stereocenters. The van der Waals surface area contributed by atoms with Gasteiger partial charge in [0.1, 0.15) is 17.5 Å². The van der Waals surface area contributed by atoms with Crippen molar-refractivity contribution in [2.45, 2.75) is 13.0 Å². The third kappa shape index (κ3) is 4.40. The number of carbonyl (C=O) groups excluding carboxylic acids is 1. The monoisotopic (exact) mass is 377 g/mol. The molecular formula is C22H23N3O3. The van der Waals surface area contributed by atoms with Gasteiger partial charge in [-0.3, -0.25) is 4.79 Å². The minimum absolute atomic E-state index is 0.239. The zero-order valence-electron chi connectivity index (χ0n) is 16.1. The normalized spacial score (nSPS) is 12.0. The predicted molar refractivity (Wildman–Crippen MR) is 112 cm³/mol. The van der Waals surface area contributed by atoms with Crippen LogP contribution in [0, 0.1) is 0 Å². The Morgan fingerprint density at radius 2 is 1.82 bits per heavy atom. The number of carbonyl (C=O) groups is 1. The van der Waals surface area contributed by atoms with Gasteiger partial charge in [0.05, 0.1) is 20.4 Å². The largest absolute Gasteiger partial charge is 0.497 e. The van der Waals surface area contributed by atoms with Crippen LogP contribution in [-0.4, -0.2) is 32.4 Å². The summed E-state index contributed by atoms with van der Waals surface area (Å²) in [5.74, 6) is 1.06. The van der Waals surface area contributed by atoms with E-state index in [-0.39, 0.29) is 5.91 Å². The van der Waals surface area contributed by atoms with Gasteiger partial charge in [-0.05, 0) is 30.5 Å². The van der Waals surface area contributed by atoms with Crippen molar-refractivity contribution >= 4 is 28.6 Å². The molecule has 3 aromatic carbocycles. The molecule has 6 nitrogen and oxygen atoms in total. The van der Waals surface area contributed by atoms with Crippen molar-refractivity contribution in [1.29, 1.82) is 0 Å². The van der Waals surface area contributed by atoms with Crippen molar-refractivity contribution in [2.24, 2.45) is 5.10 Å². The second-order valence-electron chi connectivity index (χ2n) is 6.23. The number of amides is 1. The van der Waals surface area contributed by atoms with Crippen molar-refractivity contribution in [3.63, 3.8) is 0 Å². The maximum Gasteiger partial charge on any atom is 0.262 e. The van der Waals surface area contributed by atoms with Crippen LogP contribution in [-0.2, 0) is 4.79 Å². The van der Waals surface area contributed by atoms with E-state index >= 15 is 0 Å². The molecule has 2 N–H and O–H groups in total. The smallest absolute Gasteiger partial charge is 0.262 e. The number of fused-ring (bicyclic) bond motifs is 1. The van der Waals surface area contributed by atoms with Crippen molar-refractivity contribution in [2.75, 3.05) is 19.5 Å². The zero-order chi connectivity index (χ0) is 19.9. The molecule has 0 bridgehead atoms. The van der Waals surface area contributed by atoms with Gasteiger partial charge in [0.25, 0.3) is 5.91 Å². The van der Waals surface area contributed by atoms with E-state index in [0.717, 1.165) is 22.0 Å². The first-order chi connectivity index (χ1) is 13.6. The minimum atomic E-state index is -0.458. The fourth-order valence-corrected chi connectivity index (χ4v) is 2.84. The first-order valence-corrected chi connectivity index (χ1v) is 8.91. The molecule has 0 aromatic heterocycles. The number of methoxy groups -OCH3 is 2. The van der Waals surface area contributed by atoms with E-state index in [0.29, 0.717) is 11.5 Å². The molecule has 144 valence electrons. The number of rotatable bonds is 7. The number of hydrogen-bond acceptors (Lipinski definition) is 5. The van der Waals surface area contributed by atoms with Crippen LogP contribution in [0.3, 0.4) is 0 Å². The first kappa shape index (κ1) is 19.2. The Hall–Kier alpha value is -3.54. The number of anilines is 1.